The summed E-state index contributed by atoms with van der Waals surface area (Å²) in [5.74, 6) is 2.17. The van der Waals surface area contributed by atoms with E-state index in [1.54, 1.807) is 0 Å². The van der Waals surface area contributed by atoms with Crippen LogP contribution in [0.5, 0.6) is 0 Å². The topological polar surface area (TPSA) is 59.9 Å². The summed E-state index contributed by atoms with van der Waals surface area (Å²) in [6, 6.07) is 9.35. The monoisotopic (exact) mass is 344 g/mol. The molecule has 2 unspecified atom stereocenters. The summed E-state index contributed by atoms with van der Waals surface area (Å²) in [5, 5.41) is 16.1. The van der Waals surface area contributed by atoms with Crippen molar-refractivity contribution in [3.63, 3.8) is 0 Å². The number of aliphatic imine (C=N–C) groups is 1. The molecule has 2 aliphatic rings. The van der Waals surface area contributed by atoms with Crippen LogP contribution in [-0.4, -0.2) is 43.3 Å². The number of aliphatic hydroxyl groups excluding tert-OH is 1. The zero-order valence-electron chi connectivity index (χ0n) is 15.5. The fourth-order valence-corrected chi connectivity index (χ4v) is 3.38. The second-order valence-corrected chi connectivity index (χ2v) is 7.44. The first-order valence-corrected chi connectivity index (χ1v) is 9.69. The molecule has 3 rings (SSSR count). The Balaban J connectivity index is 1.53. The molecule has 25 heavy (non-hydrogen) atoms. The SMILES string of the molecule is CCNC(=NCc1ccc(N2CCC(CO)CC2)cc1)NC1CC1C. The number of piperidine rings is 1. The third-order valence-corrected chi connectivity index (χ3v) is 5.37. The van der Waals surface area contributed by atoms with E-state index in [0.29, 0.717) is 25.1 Å². The summed E-state index contributed by atoms with van der Waals surface area (Å²) >= 11 is 0. The third-order valence-electron chi connectivity index (χ3n) is 5.37. The van der Waals surface area contributed by atoms with E-state index in [4.69, 9.17) is 4.99 Å². The second-order valence-electron chi connectivity index (χ2n) is 7.44. The molecule has 3 N–H and O–H groups in total. The molecule has 1 aromatic carbocycles. The van der Waals surface area contributed by atoms with E-state index in [-0.39, 0.29) is 0 Å². The van der Waals surface area contributed by atoms with E-state index in [0.717, 1.165) is 44.4 Å². The maximum atomic E-state index is 9.26. The lowest BCUT2D eigenvalue weighted by Crippen LogP contribution is -2.39. The van der Waals surface area contributed by atoms with Crippen molar-refractivity contribution in [1.82, 2.24) is 10.6 Å². The van der Waals surface area contributed by atoms with Gasteiger partial charge in [0.1, 0.15) is 0 Å². The van der Waals surface area contributed by atoms with Gasteiger partial charge in [0.15, 0.2) is 5.96 Å². The Hall–Kier alpha value is -1.75. The number of nitrogens with zero attached hydrogens (tertiary/aromatic N) is 2. The average Bonchev–Trinajstić information content (AvgIpc) is 3.35. The molecular formula is C20H32N4O. The van der Waals surface area contributed by atoms with Gasteiger partial charge >= 0.3 is 0 Å². The second kappa shape index (κ2) is 8.56. The summed E-state index contributed by atoms with van der Waals surface area (Å²) in [4.78, 5) is 7.13. The van der Waals surface area contributed by atoms with Crippen LogP contribution < -0.4 is 15.5 Å². The molecule has 1 heterocycles. The van der Waals surface area contributed by atoms with Gasteiger partial charge < -0.3 is 20.6 Å². The van der Waals surface area contributed by atoms with Gasteiger partial charge in [-0.25, -0.2) is 4.99 Å². The molecule has 0 bridgehead atoms. The van der Waals surface area contributed by atoms with Gasteiger partial charge in [-0.2, -0.15) is 0 Å². The third kappa shape index (κ3) is 5.11. The zero-order chi connectivity index (χ0) is 17.6. The number of anilines is 1. The number of aliphatic hydroxyl groups is 1. The zero-order valence-corrected chi connectivity index (χ0v) is 15.5. The fraction of sp³-hybridized carbons (Fsp3) is 0.650. The number of rotatable bonds is 6. The molecule has 0 amide bonds. The number of nitrogens with one attached hydrogen (secondary N) is 2. The maximum absolute atomic E-state index is 9.26. The van der Waals surface area contributed by atoms with Gasteiger partial charge in [-0.05, 0) is 55.7 Å². The molecule has 0 aromatic heterocycles. The minimum atomic E-state index is 0.326. The molecule has 138 valence electrons. The normalized spacial score (nSPS) is 24.3. The van der Waals surface area contributed by atoms with Gasteiger partial charge in [0.05, 0.1) is 6.54 Å². The van der Waals surface area contributed by atoms with Gasteiger partial charge in [0.2, 0.25) is 0 Å². The van der Waals surface area contributed by atoms with E-state index in [9.17, 15) is 5.11 Å². The number of hydrogen-bond donors (Lipinski definition) is 3. The first-order valence-electron chi connectivity index (χ1n) is 9.69. The molecule has 0 spiro atoms. The van der Waals surface area contributed by atoms with Crippen LogP contribution in [0, 0.1) is 11.8 Å². The van der Waals surface area contributed by atoms with Crippen LogP contribution >= 0.6 is 0 Å². The van der Waals surface area contributed by atoms with Crippen molar-refractivity contribution in [2.75, 3.05) is 31.1 Å². The summed E-state index contributed by atoms with van der Waals surface area (Å²) in [5.41, 5.74) is 2.51. The molecule has 5 heteroatoms. The number of hydrogen-bond acceptors (Lipinski definition) is 3. The van der Waals surface area contributed by atoms with Crippen LogP contribution in [-0.2, 0) is 6.54 Å². The minimum Gasteiger partial charge on any atom is -0.396 e. The Bertz CT molecular complexity index is 564. The van der Waals surface area contributed by atoms with Gasteiger partial charge in [0, 0.05) is 38.0 Å². The molecule has 1 aliphatic carbocycles. The number of benzene rings is 1. The molecule has 1 saturated heterocycles. The van der Waals surface area contributed by atoms with E-state index < -0.39 is 0 Å². The first-order chi connectivity index (χ1) is 12.2. The molecule has 0 radical (unpaired) electrons. The molecule has 2 atom stereocenters. The van der Waals surface area contributed by atoms with Crippen molar-refractivity contribution in [2.24, 2.45) is 16.8 Å². The van der Waals surface area contributed by atoms with Crippen LogP contribution in [0.4, 0.5) is 5.69 Å². The Kier molecular flexibility index (Phi) is 6.19. The molecule has 1 aliphatic heterocycles. The van der Waals surface area contributed by atoms with Crippen molar-refractivity contribution in [3.8, 4) is 0 Å². The van der Waals surface area contributed by atoms with Crippen LogP contribution in [0.3, 0.4) is 0 Å². The van der Waals surface area contributed by atoms with Gasteiger partial charge in [-0.1, -0.05) is 19.1 Å². The standard InChI is InChI=1S/C20H32N4O/c1-3-21-20(23-19-12-15(19)2)22-13-16-4-6-18(7-5-16)24-10-8-17(14-25)9-11-24/h4-7,15,17,19,25H,3,8-14H2,1-2H3,(H2,21,22,23). The Morgan fingerprint density at radius 3 is 2.48 bits per heavy atom. The van der Waals surface area contributed by atoms with E-state index >= 15 is 0 Å². The van der Waals surface area contributed by atoms with Crippen LogP contribution in [0.25, 0.3) is 0 Å². The molecule has 1 aromatic rings. The van der Waals surface area contributed by atoms with Gasteiger partial charge in [-0.15, -0.1) is 0 Å². The highest BCUT2D eigenvalue weighted by Crippen LogP contribution is 2.28. The predicted molar refractivity (Wildman–Crippen MR) is 104 cm³/mol. The van der Waals surface area contributed by atoms with Crippen molar-refractivity contribution < 1.29 is 5.11 Å². The van der Waals surface area contributed by atoms with Gasteiger partial charge in [-0.3, -0.25) is 0 Å². The minimum absolute atomic E-state index is 0.326. The van der Waals surface area contributed by atoms with E-state index in [2.05, 4.69) is 53.6 Å². The molecular weight excluding hydrogens is 312 g/mol. The van der Waals surface area contributed by atoms with Crippen molar-refractivity contribution in [1.29, 1.82) is 0 Å². The highest BCUT2D eigenvalue weighted by Gasteiger charge is 2.33. The van der Waals surface area contributed by atoms with Crippen LogP contribution in [0.2, 0.25) is 0 Å². The lowest BCUT2D eigenvalue weighted by molar-refractivity contribution is 0.203. The predicted octanol–water partition coefficient (Wildman–Crippen LogP) is 2.36. The average molecular weight is 345 g/mol. The first kappa shape index (κ1) is 18.1. The maximum Gasteiger partial charge on any atom is 0.191 e. The molecule has 5 nitrogen and oxygen atoms in total. The highest BCUT2D eigenvalue weighted by atomic mass is 16.3. The van der Waals surface area contributed by atoms with Crippen molar-refractivity contribution in [3.05, 3.63) is 29.8 Å². The summed E-state index contributed by atoms with van der Waals surface area (Å²) in [6.07, 6.45) is 3.41. The Morgan fingerprint density at radius 2 is 1.92 bits per heavy atom. The van der Waals surface area contributed by atoms with Crippen LogP contribution in [0.15, 0.2) is 29.3 Å². The fourth-order valence-electron chi connectivity index (χ4n) is 3.38. The summed E-state index contributed by atoms with van der Waals surface area (Å²) < 4.78 is 0. The number of guanidine groups is 1. The highest BCUT2D eigenvalue weighted by molar-refractivity contribution is 5.80. The Morgan fingerprint density at radius 1 is 1.24 bits per heavy atom. The Labute approximate surface area is 151 Å². The lowest BCUT2D eigenvalue weighted by Gasteiger charge is -2.32. The van der Waals surface area contributed by atoms with E-state index in [1.807, 2.05) is 0 Å². The summed E-state index contributed by atoms with van der Waals surface area (Å²) in [7, 11) is 0. The van der Waals surface area contributed by atoms with Crippen molar-refractivity contribution in [2.45, 2.75) is 45.7 Å². The quantitative estimate of drug-likeness (QED) is 0.548. The van der Waals surface area contributed by atoms with Crippen molar-refractivity contribution >= 4 is 11.6 Å². The molecule has 1 saturated carbocycles. The van der Waals surface area contributed by atoms with E-state index in [1.165, 1.54) is 17.7 Å². The largest absolute Gasteiger partial charge is 0.396 e. The summed E-state index contributed by atoms with van der Waals surface area (Å²) in [6.45, 7) is 8.35. The van der Waals surface area contributed by atoms with Crippen LogP contribution in [0.1, 0.15) is 38.7 Å². The van der Waals surface area contributed by atoms with Gasteiger partial charge in [0.25, 0.3) is 0 Å². The molecule has 2 fully saturated rings. The lowest BCUT2D eigenvalue weighted by atomic mass is 9.97. The smallest absolute Gasteiger partial charge is 0.191 e.